The molecule has 0 radical (unpaired) electrons. The van der Waals surface area contributed by atoms with Crippen LogP contribution in [-0.4, -0.2) is 17.2 Å². The Balaban J connectivity index is 0.00000162. The van der Waals surface area contributed by atoms with E-state index in [1.54, 1.807) is 0 Å². The summed E-state index contributed by atoms with van der Waals surface area (Å²) in [5.74, 6) is 0.690. The number of furan rings is 1. The Kier molecular flexibility index (Phi) is 22.4. The van der Waals surface area contributed by atoms with Crippen LogP contribution < -0.4 is 0 Å². The van der Waals surface area contributed by atoms with Crippen molar-refractivity contribution in [2.24, 2.45) is 10.9 Å². The molecule has 79 heavy (non-hydrogen) atoms. The number of fused-ring (bicyclic) bond motifs is 4. The third-order valence-corrected chi connectivity index (χ3v) is 14.1. The van der Waals surface area contributed by atoms with E-state index in [0.717, 1.165) is 80.9 Å². The zero-order valence-corrected chi connectivity index (χ0v) is 47.6. The molecule has 0 saturated heterocycles. The second kappa shape index (κ2) is 30.0. The molecule has 0 saturated carbocycles. The van der Waals surface area contributed by atoms with Gasteiger partial charge in [-0.1, -0.05) is 239 Å². The lowest BCUT2D eigenvalue weighted by Crippen LogP contribution is -2.23. The number of hydrogen-bond donors (Lipinski definition) is 0. The fraction of sp³-hybridized carbons (Fsp3) is 0.171. The van der Waals surface area contributed by atoms with Crippen LogP contribution in [0.3, 0.4) is 0 Å². The third kappa shape index (κ3) is 14.7. The van der Waals surface area contributed by atoms with Gasteiger partial charge < -0.3 is 9.32 Å². The number of nitrogens with zero attached hydrogens (tertiary/aromatic N) is 2. The van der Waals surface area contributed by atoms with E-state index in [2.05, 4.69) is 284 Å². The lowest BCUT2D eigenvalue weighted by Gasteiger charge is -2.30. The summed E-state index contributed by atoms with van der Waals surface area (Å²) in [5, 5.41) is 0.971. The second-order valence-corrected chi connectivity index (χ2v) is 19.2. The maximum Gasteiger partial charge on any atom is 0.157 e. The molecule has 1 aliphatic heterocycles. The Hall–Kier alpha value is -9.15. The molecule has 1 unspecified atom stereocenters. The van der Waals surface area contributed by atoms with Crippen LogP contribution in [0.5, 0.6) is 0 Å². The van der Waals surface area contributed by atoms with Crippen molar-refractivity contribution in [1.82, 2.24) is 4.90 Å². The molecule has 0 amide bonds. The summed E-state index contributed by atoms with van der Waals surface area (Å²) in [6.45, 7) is 22.3. The van der Waals surface area contributed by atoms with Crippen molar-refractivity contribution in [3.05, 3.63) is 287 Å². The first-order valence-electron chi connectivity index (χ1n) is 27.4. The van der Waals surface area contributed by atoms with Gasteiger partial charge in [-0.3, -0.25) is 0 Å². The molecule has 6 aromatic rings. The molecule has 9 rings (SSSR count). The van der Waals surface area contributed by atoms with Crippen molar-refractivity contribution in [3.8, 4) is 47.9 Å². The molecule has 0 bridgehead atoms. The van der Waals surface area contributed by atoms with Gasteiger partial charge in [0.05, 0.1) is 5.39 Å². The van der Waals surface area contributed by atoms with Crippen LogP contribution in [0.25, 0.3) is 49.9 Å². The molecule has 2 aliphatic carbocycles. The van der Waals surface area contributed by atoms with E-state index in [0.29, 0.717) is 12.3 Å². The zero-order valence-electron chi connectivity index (χ0n) is 47.6. The van der Waals surface area contributed by atoms with Gasteiger partial charge in [-0.15, -0.1) is 25.7 Å². The van der Waals surface area contributed by atoms with Crippen molar-refractivity contribution < 1.29 is 4.42 Å². The van der Waals surface area contributed by atoms with Crippen LogP contribution in [0.2, 0.25) is 0 Å². The maximum absolute atomic E-state index is 6.88. The van der Waals surface area contributed by atoms with E-state index in [9.17, 15) is 0 Å². The summed E-state index contributed by atoms with van der Waals surface area (Å²) >= 11 is 0. The summed E-state index contributed by atoms with van der Waals surface area (Å²) in [5.41, 5.74) is 21.1. The highest BCUT2D eigenvalue weighted by atomic mass is 16.3. The van der Waals surface area contributed by atoms with Gasteiger partial charge in [0.1, 0.15) is 11.3 Å². The van der Waals surface area contributed by atoms with Gasteiger partial charge in [0, 0.05) is 29.6 Å². The van der Waals surface area contributed by atoms with E-state index >= 15 is 0 Å². The maximum atomic E-state index is 6.88. The standard InChI is InChI=1S/C70H66N2O.C2H6.2C2H2/c1-8-9-14-27-50(3)52(5)70-69(68-64(39-25-40-67(68)73-70)58-32-19-13-20-33-58)71-54(7)53(6)66(48-61-47-60-34-21-22-36-62(60)65-38-24-23-37-63(61)65)72-45-26-35-57(55-28-15-10-11-16-29-55)43-41-49(2)46-59(44-42-51(72)4)56-30-17-12-18-31-56;3*1-2/h8-10,12-40,42-44,46,48,50H,5,11,41,45,47H2,1-4,6-7H3;1-2H3;2*1-2H/b9-8-,27-14-,35-26-,49-46+,51-42+,57-43+,59-44+,61-48+,66-53-,71-54?;;;. The van der Waals surface area contributed by atoms with E-state index in [1.165, 1.54) is 50.1 Å². The smallest absolute Gasteiger partial charge is 0.157 e. The summed E-state index contributed by atoms with van der Waals surface area (Å²) in [7, 11) is 0. The summed E-state index contributed by atoms with van der Waals surface area (Å²) in [6.07, 6.45) is 54.4. The lowest BCUT2D eigenvalue weighted by molar-refractivity contribution is 0.485. The number of hydrogen-bond acceptors (Lipinski definition) is 3. The SMILES string of the molecule is C#C.C#C.C=C(c1oc2cccc(-c3ccccc3)c2c1N=C(C)/C(C)=C(/C=C1\Cc2ccccc2-c2ccccc21)N1C/C=C\C(C2=CC=CCC=C2)=C/C/C(C)=C/C(c2ccccc2)=C\C=C\1C)C(C)/C=C\C=C/C.CC. The summed E-state index contributed by atoms with van der Waals surface area (Å²) in [6, 6.07) is 45.3. The summed E-state index contributed by atoms with van der Waals surface area (Å²) in [4.78, 5) is 8.20. The largest absolute Gasteiger partial charge is 0.454 e. The monoisotopic (exact) mass is 1030 g/mol. The number of rotatable bonds is 11. The molecule has 1 aromatic heterocycles. The molecule has 3 nitrogen and oxygen atoms in total. The van der Waals surface area contributed by atoms with Crippen molar-refractivity contribution in [2.45, 2.75) is 74.7 Å². The topological polar surface area (TPSA) is 28.7 Å². The Labute approximate surface area is 473 Å². The molecule has 1 atom stereocenters. The lowest BCUT2D eigenvalue weighted by atomic mass is 9.82. The van der Waals surface area contributed by atoms with Crippen LogP contribution in [0.15, 0.2) is 274 Å². The Morgan fingerprint density at radius 1 is 0.684 bits per heavy atom. The first-order valence-corrected chi connectivity index (χ1v) is 27.4. The van der Waals surface area contributed by atoms with Gasteiger partial charge in [0.2, 0.25) is 0 Å². The first kappa shape index (κ1) is 59.1. The Morgan fingerprint density at radius 3 is 2.05 bits per heavy atom. The quantitative estimate of drug-likeness (QED) is 0.0735. The molecule has 3 heteroatoms. The predicted octanol–water partition coefficient (Wildman–Crippen LogP) is 20.6. The average Bonchev–Trinajstić information content (AvgIpc) is 3.69. The van der Waals surface area contributed by atoms with Gasteiger partial charge in [-0.05, 0) is 144 Å². The highest BCUT2D eigenvalue weighted by molar-refractivity contribution is 6.09. The van der Waals surface area contributed by atoms with Crippen molar-refractivity contribution in [3.63, 3.8) is 0 Å². The highest BCUT2D eigenvalue weighted by Crippen LogP contribution is 2.45. The van der Waals surface area contributed by atoms with Crippen LogP contribution in [0.1, 0.15) is 90.7 Å². The first-order chi connectivity index (χ1) is 38.7. The van der Waals surface area contributed by atoms with Gasteiger partial charge in [-0.25, -0.2) is 4.99 Å². The molecule has 0 spiro atoms. The molecule has 0 N–H and O–H groups in total. The molecule has 396 valence electrons. The van der Waals surface area contributed by atoms with Crippen LogP contribution in [-0.2, 0) is 6.42 Å². The second-order valence-electron chi connectivity index (χ2n) is 19.2. The number of allylic oxidation sites excluding steroid dienone is 23. The summed E-state index contributed by atoms with van der Waals surface area (Å²) < 4.78 is 6.88. The molecular formula is C76H76N2O. The predicted molar refractivity (Wildman–Crippen MR) is 345 cm³/mol. The minimum atomic E-state index is -0.00449. The number of terminal acetylenes is 2. The van der Waals surface area contributed by atoms with Crippen LogP contribution >= 0.6 is 0 Å². The van der Waals surface area contributed by atoms with Crippen molar-refractivity contribution in [2.75, 3.05) is 6.54 Å². The minimum Gasteiger partial charge on any atom is -0.454 e. The molecular weight excluding hydrogens is 957 g/mol. The number of benzene rings is 5. The van der Waals surface area contributed by atoms with E-state index < -0.39 is 0 Å². The molecule has 5 aromatic carbocycles. The minimum absolute atomic E-state index is 0.00449. The van der Waals surface area contributed by atoms with Gasteiger partial charge in [0.15, 0.2) is 5.76 Å². The molecule has 3 aliphatic rings. The number of aliphatic imine (C=N–C) groups is 1. The fourth-order valence-electron chi connectivity index (χ4n) is 9.86. The van der Waals surface area contributed by atoms with Crippen molar-refractivity contribution >= 4 is 39.1 Å². The van der Waals surface area contributed by atoms with Crippen LogP contribution in [0.4, 0.5) is 5.69 Å². The van der Waals surface area contributed by atoms with Gasteiger partial charge >= 0.3 is 0 Å². The molecule has 2 heterocycles. The normalized spacial score (nSPS) is 18.7. The average molecular weight is 1030 g/mol. The van der Waals surface area contributed by atoms with E-state index in [4.69, 9.17) is 9.41 Å². The molecule has 0 fully saturated rings. The van der Waals surface area contributed by atoms with E-state index in [-0.39, 0.29) is 5.92 Å². The van der Waals surface area contributed by atoms with Gasteiger partial charge in [0.25, 0.3) is 0 Å². The van der Waals surface area contributed by atoms with Gasteiger partial charge in [-0.2, -0.15) is 0 Å². The van der Waals surface area contributed by atoms with Crippen LogP contribution in [0, 0.1) is 31.6 Å². The highest BCUT2D eigenvalue weighted by Gasteiger charge is 2.25. The Bertz CT molecular complexity index is 3550. The third-order valence-electron chi connectivity index (χ3n) is 14.1. The van der Waals surface area contributed by atoms with E-state index in [1.807, 2.05) is 32.9 Å². The Morgan fingerprint density at radius 2 is 1.33 bits per heavy atom. The fourth-order valence-corrected chi connectivity index (χ4v) is 9.86. The zero-order chi connectivity index (χ0) is 56.7. The van der Waals surface area contributed by atoms with Crippen molar-refractivity contribution in [1.29, 1.82) is 0 Å².